The zero-order valence-electron chi connectivity index (χ0n) is 15.7. The van der Waals surface area contributed by atoms with Gasteiger partial charge in [-0.1, -0.05) is 66.5 Å². The van der Waals surface area contributed by atoms with Gasteiger partial charge in [0.2, 0.25) is 0 Å². The molecule has 21 heavy (non-hydrogen) atoms. The van der Waals surface area contributed by atoms with Crippen molar-refractivity contribution in [2.45, 2.75) is 73.6 Å². The summed E-state index contributed by atoms with van der Waals surface area (Å²) < 4.78 is 0. The van der Waals surface area contributed by atoms with E-state index in [2.05, 4.69) is 60.5 Å². The van der Waals surface area contributed by atoms with E-state index in [1.54, 1.807) is 0 Å². The summed E-state index contributed by atoms with van der Waals surface area (Å²) in [6.07, 6.45) is 6.62. The van der Waals surface area contributed by atoms with Gasteiger partial charge in [-0.05, 0) is 61.4 Å². The highest BCUT2D eigenvalue weighted by molar-refractivity contribution is 5.06. The fraction of sp³-hybridized carbons (Fsp3) is 0.900. The maximum Gasteiger partial charge on any atom is -0.00176 e. The van der Waals surface area contributed by atoms with E-state index in [0.717, 1.165) is 18.4 Å². The molecule has 2 unspecified atom stereocenters. The lowest BCUT2D eigenvalue weighted by molar-refractivity contribution is 0.118. The SMILES string of the molecule is C=C(CC(CNC)C1CC(C)(C)CC1(CC)CC)C(C)C. The van der Waals surface area contributed by atoms with E-state index in [9.17, 15) is 0 Å². The third-order valence-corrected chi connectivity index (χ3v) is 6.17. The second-order valence-electron chi connectivity index (χ2n) is 8.56. The van der Waals surface area contributed by atoms with Crippen LogP contribution in [-0.2, 0) is 0 Å². The molecule has 0 saturated heterocycles. The van der Waals surface area contributed by atoms with Gasteiger partial charge in [0.15, 0.2) is 0 Å². The summed E-state index contributed by atoms with van der Waals surface area (Å²) in [7, 11) is 2.10. The minimum absolute atomic E-state index is 0.502. The van der Waals surface area contributed by atoms with Crippen LogP contribution in [0.15, 0.2) is 12.2 Å². The third kappa shape index (κ3) is 4.34. The molecule has 0 aliphatic heterocycles. The molecule has 0 bridgehead atoms. The molecule has 0 spiro atoms. The fourth-order valence-electron chi connectivity index (χ4n) is 4.85. The van der Waals surface area contributed by atoms with Crippen LogP contribution in [0.4, 0.5) is 0 Å². The molecule has 1 heteroatoms. The van der Waals surface area contributed by atoms with Crippen molar-refractivity contribution in [2.24, 2.45) is 28.6 Å². The Hall–Kier alpha value is -0.300. The summed E-state index contributed by atoms with van der Waals surface area (Å²) in [6.45, 7) is 19.8. The summed E-state index contributed by atoms with van der Waals surface area (Å²) in [6, 6.07) is 0. The summed E-state index contributed by atoms with van der Waals surface area (Å²) >= 11 is 0. The Morgan fingerprint density at radius 2 is 1.81 bits per heavy atom. The van der Waals surface area contributed by atoms with Crippen molar-refractivity contribution in [3.05, 3.63) is 12.2 Å². The molecule has 0 aromatic heterocycles. The van der Waals surface area contributed by atoms with Crippen LogP contribution < -0.4 is 5.32 Å². The molecule has 1 rings (SSSR count). The lowest BCUT2D eigenvalue weighted by Gasteiger charge is -2.39. The van der Waals surface area contributed by atoms with Crippen LogP contribution in [0.3, 0.4) is 0 Å². The van der Waals surface area contributed by atoms with Gasteiger partial charge in [-0.3, -0.25) is 0 Å². The molecule has 0 radical (unpaired) electrons. The molecule has 1 fully saturated rings. The maximum absolute atomic E-state index is 4.36. The quantitative estimate of drug-likeness (QED) is 0.569. The Morgan fingerprint density at radius 3 is 2.24 bits per heavy atom. The van der Waals surface area contributed by atoms with Gasteiger partial charge >= 0.3 is 0 Å². The van der Waals surface area contributed by atoms with Gasteiger partial charge < -0.3 is 5.32 Å². The normalized spacial score (nSPS) is 25.2. The first kappa shape index (κ1) is 18.7. The first-order chi connectivity index (χ1) is 9.71. The van der Waals surface area contributed by atoms with Crippen molar-refractivity contribution in [3.63, 3.8) is 0 Å². The zero-order valence-corrected chi connectivity index (χ0v) is 15.7. The van der Waals surface area contributed by atoms with Crippen LogP contribution >= 0.6 is 0 Å². The molecule has 1 N–H and O–H groups in total. The van der Waals surface area contributed by atoms with Gasteiger partial charge in [-0.15, -0.1) is 0 Å². The smallest absolute Gasteiger partial charge is 0.00176 e. The van der Waals surface area contributed by atoms with Crippen molar-refractivity contribution < 1.29 is 0 Å². The van der Waals surface area contributed by atoms with Gasteiger partial charge in [0.05, 0.1) is 0 Å². The second kappa shape index (κ2) is 7.31. The van der Waals surface area contributed by atoms with Gasteiger partial charge in [0.1, 0.15) is 0 Å². The number of nitrogens with one attached hydrogen (secondary N) is 1. The van der Waals surface area contributed by atoms with Crippen molar-refractivity contribution in [3.8, 4) is 0 Å². The predicted octanol–water partition coefficient (Wildman–Crippen LogP) is 5.67. The maximum atomic E-state index is 4.36. The van der Waals surface area contributed by atoms with Gasteiger partial charge in [-0.25, -0.2) is 0 Å². The lowest BCUT2D eigenvalue weighted by Crippen LogP contribution is -2.35. The first-order valence-electron chi connectivity index (χ1n) is 9.03. The van der Waals surface area contributed by atoms with E-state index in [1.165, 1.54) is 37.7 Å². The van der Waals surface area contributed by atoms with E-state index in [0.29, 0.717) is 16.7 Å². The molecular formula is C20H39N. The molecule has 124 valence electrons. The average Bonchev–Trinajstić information content (AvgIpc) is 2.70. The molecule has 1 aliphatic carbocycles. The number of rotatable bonds is 8. The van der Waals surface area contributed by atoms with Crippen LogP contribution in [0.25, 0.3) is 0 Å². The Morgan fingerprint density at radius 1 is 1.24 bits per heavy atom. The Kier molecular flexibility index (Phi) is 6.53. The van der Waals surface area contributed by atoms with E-state index in [4.69, 9.17) is 0 Å². The molecular weight excluding hydrogens is 254 g/mol. The van der Waals surface area contributed by atoms with Crippen LogP contribution in [0.2, 0.25) is 0 Å². The largest absolute Gasteiger partial charge is 0.319 e. The molecule has 1 saturated carbocycles. The first-order valence-corrected chi connectivity index (χ1v) is 9.03. The number of allylic oxidation sites excluding steroid dienone is 1. The van der Waals surface area contributed by atoms with Crippen molar-refractivity contribution in [1.82, 2.24) is 5.32 Å². The lowest BCUT2D eigenvalue weighted by atomic mass is 9.66. The standard InChI is InChI=1S/C20H39N/c1-9-20(10-2)14-19(6,7)12-18(20)17(13-21-8)11-16(5)15(3)4/h15,17-18,21H,5,9-14H2,1-4,6-8H3. The van der Waals surface area contributed by atoms with Crippen molar-refractivity contribution >= 4 is 0 Å². The topological polar surface area (TPSA) is 12.0 Å². The molecule has 1 nitrogen and oxygen atoms in total. The van der Waals surface area contributed by atoms with Crippen molar-refractivity contribution in [2.75, 3.05) is 13.6 Å². The van der Waals surface area contributed by atoms with Gasteiger partial charge in [0.25, 0.3) is 0 Å². The molecule has 1 aliphatic rings. The predicted molar refractivity (Wildman–Crippen MR) is 95.5 cm³/mol. The third-order valence-electron chi connectivity index (χ3n) is 6.17. The molecule has 0 aromatic carbocycles. The monoisotopic (exact) mass is 293 g/mol. The molecule has 0 aromatic rings. The minimum Gasteiger partial charge on any atom is -0.319 e. The van der Waals surface area contributed by atoms with E-state index in [1.807, 2.05) is 0 Å². The van der Waals surface area contributed by atoms with E-state index in [-0.39, 0.29) is 0 Å². The van der Waals surface area contributed by atoms with E-state index >= 15 is 0 Å². The summed E-state index contributed by atoms with van der Waals surface area (Å²) in [5.74, 6) is 2.19. The highest BCUT2D eigenvalue weighted by Gasteiger charge is 2.50. The second-order valence-corrected chi connectivity index (χ2v) is 8.56. The molecule has 2 atom stereocenters. The molecule has 0 amide bonds. The highest BCUT2D eigenvalue weighted by Crippen LogP contribution is 2.59. The van der Waals surface area contributed by atoms with Gasteiger partial charge in [-0.2, -0.15) is 0 Å². The molecule has 0 heterocycles. The van der Waals surface area contributed by atoms with Crippen LogP contribution in [-0.4, -0.2) is 13.6 Å². The highest BCUT2D eigenvalue weighted by atomic mass is 14.8. The van der Waals surface area contributed by atoms with E-state index < -0.39 is 0 Å². The van der Waals surface area contributed by atoms with Crippen LogP contribution in [0.1, 0.15) is 73.6 Å². The summed E-state index contributed by atoms with van der Waals surface area (Å²) in [5.41, 5.74) is 2.48. The number of hydrogen-bond acceptors (Lipinski definition) is 1. The average molecular weight is 294 g/mol. The minimum atomic E-state index is 0.502. The summed E-state index contributed by atoms with van der Waals surface area (Å²) in [4.78, 5) is 0. The van der Waals surface area contributed by atoms with Crippen LogP contribution in [0, 0.1) is 28.6 Å². The fourth-order valence-corrected chi connectivity index (χ4v) is 4.85. The Bertz CT molecular complexity index is 336. The van der Waals surface area contributed by atoms with Crippen molar-refractivity contribution in [1.29, 1.82) is 0 Å². The van der Waals surface area contributed by atoms with Gasteiger partial charge in [0, 0.05) is 0 Å². The summed E-state index contributed by atoms with van der Waals surface area (Å²) in [5, 5.41) is 3.46. The Balaban J connectivity index is 3.01. The number of hydrogen-bond donors (Lipinski definition) is 1. The van der Waals surface area contributed by atoms with Crippen LogP contribution in [0.5, 0.6) is 0 Å². The zero-order chi connectivity index (χ0) is 16.3. The Labute approximate surface area is 134 Å².